The highest BCUT2D eigenvalue weighted by atomic mass is 28.3. The summed E-state index contributed by atoms with van der Waals surface area (Å²) in [6.07, 6.45) is 3.07. The van der Waals surface area contributed by atoms with E-state index >= 15 is 0 Å². The molecule has 0 aliphatic rings. The average molecular weight is 248 g/mol. The second-order valence-electron chi connectivity index (χ2n) is 5.19. The minimum absolute atomic E-state index is 0.277. The van der Waals surface area contributed by atoms with E-state index in [1.165, 1.54) is 10.8 Å². The molecule has 1 aromatic carbocycles. The highest BCUT2D eigenvalue weighted by Gasteiger charge is 2.33. The summed E-state index contributed by atoms with van der Waals surface area (Å²) in [5.74, 6) is 0. The van der Waals surface area contributed by atoms with E-state index in [0.717, 1.165) is 6.42 Å². The third-order valence-corrected chi connectivity index (χ3v) is 8.12. The predicted molar refractivity (Wildman–Crippen MR) is 78.4 cm³/mol. The molecule has 17 heavy (non-hydrogen) atoms. The van der Waals surface area contributed by atoms with Crippen molar-refractivity contribution >= 4 is 13.3 Å². The fraction of sp³-hybridized carbons (Fsp3) is 0.467. The molecular weight excluding hydrogens is 224 g/mol. The summed E-state index contributed by atoms with van der Waals surface area (Å²) < 4.78 is 0. The first kappa shape index (κ1) is 14.2. The molecule has 0 radical (unpaired) electrons. The molecule has 0 amide bonds. The van der Waals surface area contributed by atoms with Crippen LogP contribution in [0.25, 0.3) is 0 Å². The van der Waals surface area contributed by atoms with Gasteiger partial charge in [-0.15, -0.1) is 0 Å². The summed E-state index contributed by atoms with van der Waals surface area (Å²) >= 11 is 0. The van der Waals surface area contributed by atoms with E-state index in [1.807, 2.05) is 0 Å². The summed E-state index contributed by atoms with van der Waals surface area (Å²) in [6.45, 7) is 9.36. The molecule has 0 bridgehead atoms. The molecule has 0 saturated carbocycles. The Morgan fingerprint density at radius 1 is 1.29 bits per heavy atom. The van der Waals surface area contributed by atoms with Crippen LogP contribution < -0.4 is 5.19 Å². The Balaban J connectivity index is 3.08. The fourth-order valence-electron chi connectivity index (χ4n) is 2.56. The Labute approximate surface area is 106 Å². The van der Waals surface area contributed by atoms with E-state index in [4.69, 9.17) is 0 Å². The van der Waals surface area contributed by atoms with Gasteiger partial charge < -0.3 is 5.11 Å². The zero-order valence-electron chi connectivity index (χ0n) is 11.4. The maximum Gasteiger partial charge on any atom is 0.0877 e. The average Bonchev–Trinajstić information content (AvgIpc) is 2.36. The molecule has 1 rings (SSSR count). The Bertz CT molecular complexity index is 368. The summed E-state index contributed by atoms with van der Waals surface area (Å²) in [4.78, 5) is 0. The molecule has 1 nitrogen and oxygen atoms in total. The van der Waals surface area contributed by atoms with Gasteiger partial charge in [0.1, 0.15) is 0 Å². The lowest BCUT2D eigenvalue weighted by Gasteiger charge is -2.33. The second kappa shape index (κ2) is 6.17. The van der Waals surface area contributed by atoms with Crippen molar-refractivity contribution in [2.75, 3.05) is 6.61 Å². The Morgan fingerprint density at radius 2 is 1.88 bits per heavy atom. The van der Waals surface area contributed by atoms with E-state index in [-0.39, 0.29) is 6.61 Å². The number of rotatable bonds is 5. The number of hydrogen-bond acceptors (Lipinski definition) is 1. The maximum atomic E-state index is 9.29. The Kier molecular flexibility index (Phi) is 5.16. The molecule has 0 aliphatic heterocycles. The van der Waals surface area contributed by atoms with Gasteiger partial charge in [-0.1, -0.05) is 60.3 Å². The summed E-state index contributed by atoms with van der Waals surface area (Å²) in [5, 5.41) is 10.8. The quantitative estimate of drug-likeness (QED) is 0.626. The lowest BCUT2D eigenvalue weighted by Crippen LogP contribution is -2.46. The van der Waals surface area contributed by atoms with E-state index < -0.39 is 8.07 Å². The largest absolute Gasteiger partial charge is 0.396 e. The topological polar surface area (TPSA) is 20.2 Å². The molecule has 94 valence electrons. The van der Waals surface area contributed by atoms with Crippen molar-refractivity contribution in [2.45, 2.75) is 38.9 Å². The van der Waals surface area contributed by atoms with E-state index in [1.54, 1.807) is 0 Å². The van der Waals surface area contributed by atoms with Crippen molar-refractivity contribution in [2.24, 2.45) is 0 Å². The van der Waals surface area contributed by atoms with E-state index in [2.05, 4.69) is 63.3 Å². The van der Waals surface area contributed by atoms with Crippen LogP contribution in [0.5, 0.6) is 0 Å². The lowest BCUT2D eigenvalue weighted by atomic mass is 10.1. The third kappa shape index (κ3) is 3.30. The Hall–Kier alpha value is -0.863. The molecule has 0 spiro atoms. The number of aliphatic hydroxyl groups excluding tert-OH is 1. The fourth-order valence-corrected chi connectivity index (χ4v) is 6.17. The summed E-state index contributed by atoms with van der Waals surface area (Å²) in [7, 11) is -1.54. The van der Waals surface area contributed by atoms with Gasteiger partial charge in [0.25, 0.3) is 0 Å². The molecule has 0 aliphatic carbocycles. The van der Waals surface area contributed by atoms with Gasteiger partial charge in [-0.25, -0.2) is 0 Å². The molecule has 0 fully saturated rings. The first-order valence-electron chi connectivity index (χ1n) is 6.33. The van der Waals surface area contributed by atoms with Crippen LogP contribution >= 0.6 is 0 Å². The van der Waals surface area contributed by atoms with Gasteiger partial charge in [0, 0.05) is 6.61 Å². The van der Waals surface area contributed by atoms with Gasteiger partial charge in [-0.3, -0.25) is 0 Å². The molecule has 2 heteroatoms. The van der Waals surface area contributed by atoms with Crippen molar-refractivity contribution in [1.29, 1.82) is 0 Å². The first-order chi connectivity index (χ1) is 8.04. The normalized spacial score (nSPS) is 14.8. The third-order valence-electron chi connectivity index (χ3n) is 3.81. The zero-order valence-corrected chi connectivity index (χ0v) is 12.4. The van der Waals surface area contributed by atoms with Crippen LogP contribution in [0.15, 0.2) is 42.0 Å². The monoisotopic (exact) mass is 248 g/mol. The van der Waals surface area contributed by atoms with Crippen molar-refractivity contribution in [3.05, 3.63) is 42.0 Å². The smallest absolute Gasteiger partial charge is 0.0877 e. The summed E-state index contributed by atoms with van der Waals surface area (Å²) in [6, 6.07) is 10.8. The van der Waals surface area contributed by atoms with Gasteiger partial charge in [0.15, 0.2) is 0 Å². The van der Waals surface area contributed by atoms with Crippen molar-refractivity contribution in [1.82, 2.24) is 0 Å². The SMILES string of the molecule is C/C=C(\C)[C@H](CCO)[Si](C)(C)c1ccccc1. The molecule has 0 unspecified atom stereocenters. The highest BCUT2D eigenvalue weighted by Crippen LogP contribution is 2.32. The van der Waals surface area contributed by atoms with Crippen LogP contribution in [0.1, 0.15) is 20.3 Å². The number of allylic oxidation sites excluding steroid dienone is 2. The van der Waals surface area contributed by atoms with Crippen molar-refractivity contribution in [3.8, 4) is 0 Å². The molecular formula is C15H24OSi. The number of benzene rings is 1. The molecule has 1 aromatic rings. The minimum Gasteiger partial charge on any atom is -0.396 e. The van der Waals surface area contributed by atoms with Gasteiger partial charge in [0.2, 0.25) is 0 Å². The predicted octanol–water partition coefficient (Wildman–Crippen LogP) is 3.32. The van der Waals surface area contributed by atoms with Gasteiger partial charge in [-0.2, -0.15) is 0 Å². The number of aliphatic hydroxyl groups is 1. The van der Waals surface area contributed by atoms with Gasteiger partial charge >= 0.3 is 0 Å². The molecule has 1 atom stereocenters. The minimum atomic E-state index is -1.54. The van der Waals surface area contributed by atoms with Crippen molar-refractivity contribution in [3.63, 3.8) is 0 Å². The zero-order chi connectivity index (χ0) is 12.9. The van der Waals surface area contributed by atoms with E-state index in [0.29, 0.717) is 5.54 Å². The first-order valence-corrected chi connectivity index (χ1v) is 9.41. The van der Waals surface area contributed by atoms with Crippen LogP contribution in [0.3, 0.4) is 0 Å². The molecule has 0 aromatic heterocycles. The maximum absolute atomic E-state index is 9.29. The molecule has 0 heterocycles. The van der Waals surface area contributed by atoms with Gasteiger partial charge in [-0.05, 0) is 25.8 Å². The van der Waals surface area contributed by atoms with Crippen LogP contribution in [-0.2, 0) is 0 Å². The highest BCUT2D eigenvalue weighted by molar-refractivity contribution is 6.91. The summed E-state index contributed by atoms with van der Waals surface area (Å²) in [5.41, 5.74) is 1.94. The van der Waals surface area contributed by atoms with Gasteiger partial charge in [0.05, 0.1) is 8.07 Å². The number of hydrogen-bond donors (Lipinski definition) is 1. The van der Waals surface area contributed by atoms with Crippen LogP contribution in [0.2, 0.25) is 18.6 Å². The lowest BCUT2D eigenvalue weighted by molar-refractivity contribution is 0.287. The standard InChI is InChI=1S/C15H24OSi/c1-5-13(2)15(11-12-16)17(3,4)14-9-7-6-8-10-14/h5-10,15-16H,11-12H2,1-4H3/b13-5+/t15-/m0/s1. The molecule has 1 N–H and O–H groups in total. The van der Waals surface area contributed by atoms with Crippen LogP contribution in [0.4, 0.5) is 0 Å². The second-order valence-corrected chi connectivity index (χ2v) is 9.90. The van der Waals surface area contributed by atoms with E-state index in [9.17, 15) is 5.11 Å². The van der Waals surface area contributed by atoms with Crippen LogP contribution in [-0.4, -0.2) is 19.8 Å². The van der Waals surface area contributed by atoms with Crippen molar-refractivity contribution < 1.29 is 5.11 Å². The Morgan fingerprint density at radius 3 is 2.35 bits per heavy atom. The molecule has 0 saturated heterocycles. The van der Waals surface area contributed by atoms with Crippen LogP contribution in [0, 0.1) is 0 Å².